The van der Waals surface area contributed by atoms with Gasteiger partial charge in [-0.3, -0.25) is 4.39 Å². The highest BCUT2D eigenvalue weighted by atomic mass is 19.1. The Bertz CT molecular complexity index is 86.7. The van der Waals surface area contributed by atoms with Crippen molar-refractivity contribution >= 4 is 0 Å². The van der Waals surface area contributed by atoms with Gasteiger partial charge < -0.3 is 4.74 Å². The molecule has 0 saturated heterocycles. The first-order valence-electron chi connectivity index (χ1n) is 6.97. The fourth-order valence-corrected chi connectivity index (χ4v) is 1.27. The van der Waals surface area contributed by atoms with Crippen LogP contribution in [0.1, 0.15) is 72.1 Å². The lowest BCUT2D eigenvalue weighted by Gasteiger charge is -1.95. The van der Waals surface area contributed by atoms with Crippen molar-refractivity contribution in [3.05, 3.63) is 0 Å². The van der Waals surface area contributed by atoms with Gasteiger partial charge in [0.1, 0.15) is 0 Å². The lowest BCUT2D eigenvalue weighted by molar-refractivity contribution is 0.135. The van der Waals surface area contributed by atoms with Crippen molar-refractivity contribution in [3.63, 3.8) is 0 Å². The Labute approximate surface area is 102 Å². The van der Waals surface area contributed by atoms with Crippen molar-refractivity contribution in [2.45, 2.75) is 72.1 Å². The molecule has 0 radical (unpaired) electrons. The zero-order valence-corrected chi connectivity index (χ0v) is 11.6. The minimum Gasteiger partial charge on any atom is -0.381 e. The minimum atomic E-state index is -0.133. The molecule has 0 rings (SSSR count). The first kappa shape index (κ1) is 18.3. The predicted molar refractivity (Wildman–Crippen MR) is 70.8 cm³/mol. The zero-order valence-electron chi connectivity index (χ0n) is 11.6. The fraction of sp³-hybridized carbons (Fsp3) is 1.00. The van der Waals surface area contributed by atoms with Gasteiger partial charge in [0.25, 0.3) is 0 Å². The predicted octanol–water partition coefficient (Wildman–Crippen LogP) is 5.14. The first-order valence-corrected chi connectivity index (χ1v) is 6.97. The molecule has 0 aliphatic heterocycles. The Kier molecular flexibility index (Phi) is 23.2. The second-order valence-electron chi connectivity index (χ2n) is 4.07. The zero-order chi connectivity index (χ0) is 12.5. The number of hydrogen-bond donors (Lipinski definition) is 0. The molecule has 0 aromatic carbocycles. The number of ether oxygens (including phenoxy) is 1. The van der Waals surface area contributed by atoms with Crippen LogP contribution >= 0.6 is 0 Å². The average Bonchev–Trinajstić information content (AvgIpc) is 2.31. The van der Waals surface area contributed by atoms with E-state index in [2.05, 4.69) is 20.8 Å². The fourth-order valence-electron chi connectivity index (χ4n) is 1.27. The molecule has 0 aliphatic carbocycles. The summed E-state index contributed by atoms with van der Waals surface area (Å²) in [4.78, 5) is 0. The number of halogens is 1. The third-order valence-corrected chi connectivity index (χ3v) is 2.18. The highest BCUT2D eigenvalue weighted by Crippen LogP contribution is 2.04. The molecule has 0 heterocycles. The van der Waals surface area contributed by atoms with Crippen LogP contribution in [0, 0.1) is 0 Å². The van der Waals surface area contributed by atoms with E-state index in [-0.39, 0.29) is 6.67 Å². The van der Waals surface area contributed by atoms with Crippen LogP contribution in [-0.4, -0.2) is 19.9 Å². The summed E-state index contributed by atoms with van der Waals surface area (Å²) >= 11 is 0. The Hall–Kier alpha value is -0.110. The van der Waals surface area contributed by atoms with Crippen molar-refractivity contribution in [2.24, 2.45) is 0 Å². The van der Waals surface area contributed by atoms with E-state index in [9.17, 15) is 4.39 Å². The molecule has 0 aliphatic rings. The lowest BCUT2D eigenvalue weighted by Crippen LogP contribution is -1.92. The molecule has 0 aromatic rings. The van der Waals surface area contributed by atoms with Gasteiger partial charge in [0.2, 0.25) is 0 Å². The van der Waals surface area contributed by atoms with E-state index in [4.69, 9.17) is 4.74 Å². The van der Waals surface area contributed by atoms with Crippen LogP contribution in [0.4, 0.5) is 4.39 Å². The SMILES string of the molecule is CCCCCCCCF.CCCOCCC. The van der Waals surface area contributed by atoms with Crippen LogP contribution < -0.4 is 0 Å². The summed E-state index contributed by atoms with van der Waals surface area (Å²) in [6.45, 7) is 8.15. The summed E-state index contributed by atoms with van der Waals surface area (Å²) in [6, 6.07) is 0. The van der Waals surface area contributed by atoms with E-state index in [1.165, 1.54) is 25.7 Å². The van der Waals surface area contributed by atoms with Crippen LogP contribution in [0.2, 0.25) is 0 Å². The minimum absolute atomic E-state index is 0.133. The molecule has 0 aromatic heterocycles. The molecule has 0 unspecified atom stereocenters. The molecule has 2 heteroatoms. The topological polar surface area (TPSA) is 9.23 Å². The standard InChI is InChI=1S/C8H17F.C6H14O/c1-2-3-4-5-6-7-8-9;1-3-5-7-6-4-2/h2-8H2,1H3;3-6H2,1-2H3. The first-order chi connectivity index (χ1) is 7.83. The Balaban J connectivity index is 0. The van der Waals surface area contributed by atoms with Crippen LogP contribution in [0.3, 0.4) is 0 Å². The van der Waals surface area contributed by atoms with Crippen molar-refractivity contribution < 1.29 is 9.13 Å². The van der Waals surface area contributed by atoms with Crippen LogP contribution in [0.5, 0.6) is 0 Å². The molecule has 0 N–H and O–H groups in total. The average molecular weight is 234 g/mol. The van der Waals surface area contributed by atoms with Crippen molar-refractivity contribution in [3.8, 4) is 0 Å². The van der Waals surface area contributed by atoms with Gasteiger partial charge in [0, 0.05) is 13.2 Å². The molecule has 0 amide bonds. The largest absolute Gasteiger partial charge is 0.381 e. The molecule has 0 spiro atoms. The van der Waals surface area contributed by atoms with E-state index < -0.39 is 0 Å². The van der Waals surface area contributed by atoms with Crippen molar-refractivity contribution in [2.75, 3.05) is 19.9 Å². The molecule has 0 atom stereocenters. The summed E-state index contributed by atoms with van der Waals surface area (Å²) in [6.07, 6.45) is 9.22. The summed E-state index contributed by atoms with van der Waals surface area (Å²) in [5.41, 5.74) is 0. The number of hydrogen-bond acceptors (Lipinski definition) is 1. The van der Waals surface area contributed by atoms with Gasteiger partial charge in [0.15, 0.2) is 0 Å². The lowest BCUT2D eigenvalue weighted by atomic mass is 10.1. The number of rotatable bonds is 10. The maximum Gasteiger partial charge on any atom is 0.0894 e. The quantitative estimate of drug-likeness (QED) is 0.476. The molecular formula is C14H31FO. The van der Waals surface area contributed by atoms with Gasteiger partial charge in [-0.15, -0.1) is 0 Å². The van der Waals surface area contributed by atoms with E-state index in [0.29, 0.717) is 0 Å². The molecule has 1 nitrogen and oxygen atoms in total. The van der Waals surface area contributed by atoms with Crippen LogP contribution in [-0.2, 0) is 4.74 Å². The Morgan fingerprint density at radius 3 is 1.62 bits per heavy atom. The third-order valence-electron chi connectivity index (χ3n) is 2.18. The van der Waals surface area contributed by atoms with Gasteiger partial charge >= 0.3 is 0 Å². The third kappa shape index (κ3) is 23.6. The van der Waals surface area contributed by atoms with Crippen LogP contribution in [0.25, 0.3) is 0 Å². The summed E-state index contributed by atoms with van der Waals surface area (Å²) < 4.78 is 16.6. The number of unbranched alkanes of at least 4 members (excludes halogenated alkanes) is 5. The number of alkyl halides is 1. The highest BCUT2D eigenvalue weighted by Gasteiger charge is 1.87. The van der Waals surface area contributed by atoms with Crippen molar-refractivity contribution in [1.82, 2.24) is 0 Å². The van der Waals surface area contributed by atoms with E-state index >= 15 is 0 Å². The van der Waals surface area contributed by atoms with E-state index in [1.54, 1.807) is 0 Å². The smallest absolute Gasteiger partial charge is 0.0894 e. The Morgan fingerprint density at radius 1 is 0.688 bits per heavy atom. The maximum atomic E-state index is 11.5. The van der Waals surface area contributed by atoms with Gasteiger partial charge in [-0.2, -0.15) is 0 Å². The summed E-state index contributed by atoms with van der Waals surface area (Å²) in [7, 11) is 0. The molecule has 0 fully saturated rings. The summed E-state index contributed by atoms with van der Waals surface area (Å²) in [5.74, 6) is 0. The Morgan fingerprint density at radius 2 is 1.19 bits per heavy atom. The van der Waals surface area contributed by atoms with E-state index in [1.807, 2.05) is 0 Å². The molecule has 100 valence electrons. The second-order valence-corrected chi connectivity index (χ2v) is 4.07. The van der Waals surface area contributed by atoms with Crippen LogP contribution in [0.15, 0.2) is 0 Å². The normalized spacial score (nSPS) is 9.75. The van der Waals surface area contributed by atoms with Gasteiger partial charge in [-0.1, -0.05) is 52.9 Å². The summed E-state index contributed by atoms with van der Waals surface area (Å²) in [5, 5.41) is 0. The van der Waals surface area contributed by atoms with Gasteiger partial charge in [-0.25, -0.2) is 0 Å². The molecule has 16 heavy (non-hydrogen) atoms. The monoisotopic (exact) mass is 234 g/mol. The van der Waals surface area contributed by atoms with Gasteiger partial charge in [0.05, 0.1) is 6.67 Å². The maximum absolute atomic E-state index is 11.5. The highest BCUT2D eigenvalue weighted by molar-refractivity contribution is 4.41. The van der Waals surface area contributed by atoms with Gasteiger partial charge in [-0.05, 0) is 19.3 Å². The van der Waals surface area contributed by atoms with E-state index in [0.717, 1.165) is 38.9 Å². The molecule has 0 bridgehead atoms. The molecular weight excluding hydrogens is 203 g/mol. The second kappa shape index (κ2) is 20.3. The molecule has 0 saturated carbocycles. The van der Waals surface area contributed by atoms with Crippen molar-refractivity contribution in [1.29, 1.82) is 0 Å².